The van der Waals surface area contributed by atoms with E-state index in [1.807, 2.05) is 24.3 Å². The molecule has 0 aliphatic heterocycles. The molecule has 2 aromatic carbocycles. The Morgan fingerprint density at radius 2 is 1.95 bits per heavy atom. The fourth-order valence-electron chi connectivity index (χ4n) is 1.62. The highest BCUT2D eigenvalue weighted by Gasteiger charge is 2.05. The topological polar surface area (TPSA) is 35.2 Å². The van der Waals surface area contributed by atoms with Crippen molar-refractivity contribution in [3.8, 4) is 5.75 Å². The lowest BCUT2D eigenvalue weighted by Gasteiger charge is -2.08. The molecule has 2 rings (SSSR count). The van der Waals surface area contributed by atoms with Crippen LogP contribution >= 0.6 is 35.6 Å². The van der Waals surface area contributed by atoms with Gasteiger partial charge >= 0.3 is 0 Å². The Kier molecular flexibility index (Phi) is 5.71. The third-order valence-electron chi connectivity index (χ3n) is 2.57. The summed E-state index contributed by atoms with van der Waals surface area (Å²) in [7, 11) is 0. The summed E-state index contributed by atoms with van der Waals surface area (Å²) in [5.41, 5.74) is 6.23. The fraction of sp³-hybridized carbons (Fsp3) is 0.133. The Bertz CT molecular complexity index is 590. The predicted octanol–water partition coefficient (Wildman–Crippen LogP) is 4.15. The quantitative estimate of drug-likeness (QED) is 0.492. The molecule has 2 aromatic rings. The van der Waals surface area contributed by atoms with Crippen molar-refractivity contribution in [2.24, 2.45) is 5.73 Å². The fourth-order valence-corrected chi connectivity index (χ4v) is 2.88. The molecule has 5 heteroatoms. The van der Waals surface area contributed by atoms with E-state index < -0.39 is 0 Å². The van der Waals surface area contributed by atoms with E-state index in [-0.39, 0.29) is 0 Å². The minimum atomic E-state index is 0.293. The molecule has 0 atom stereocenters. The molecule has 0 fully saturated rings. The van der Waals surface area contributed by atoms with Crippen LogP contribution in [0.1, 0.15) is 5.56 Å². The summed E-state index contributed by atoms with van der Waals surface area (Å²) < 4.78 is 5.65. The van der Waals surface area contributed by atoms with E-state index in [4.69, 9.17) is 34.3 Å². The largest absolute Gasteiger partial charge is 0.493 e. The lowest BCUT2D eigenvalue weighted by molar-refractivity contribution is 0.344. The predicted molar refractivity (Wildman–Crippen MR) is 90.0 cm³/mol. The summed E-state index contributed by atoms with van der Waals surface area (Å²) in [6.07, 6.45) is 0. The van der Waals surface area contributed by atoms with E-state index in [9.17, 15) is 0 Å². The van der Waals surface area contributed by atoms with Gasteiger partial charge in [0.15, 0.2) is 0 Å². The van der Waals surface area contributed by atoms with Gasteiger partial charge in [-0.1, -0.05) is 42.0 Å². The second-order valence-corrected chi connectivity index (χ2v) is 6.03. The lowest BCUT2D eigenvalue weighted by Crippen LogP contribution is -2.10. The minimum Gasteiger partial charge on any atom is -0.493 e. The van der Waals surface area contributed by atoms with Crippen LogP contribution in [0.3, 0.4) is 0 Å². The number of hydrogen-bond donors (Lipinski definition) is 1. The van der Waals surface area contributed by atoms with Gasteiger partial charge < -0.3 is 10.5 Å². The van der Waals surface area contributed by atoms with Gasteiger partial charge in [0, 0.05) is 16.2 Å². The van der Waals surface area contributed by atoms with Crippen LogP contribution in [0.15, 0.2) is 53.4 Å². The first-order valence-electron chi connectivity index (χ1n) is 6.07. The van der Waals surface area contributed by atoms with Crippen molar-refractivity contribution in [1.29, 1.82) is 0 Å². The third kappa shape index (κ3) is 4.40. The van der Waals surface area contributed by atoms with Crippen molar-refractivity contribution in [2.75, 3.05) is 12.4 Å². The number of rotatable bonds is 6. The molecular formula is C15H14ClNOS2. The molecule has 0 heterocycles. The number of nitrogens with two attached hydrogens (primary N) is 1. The van der Waals surface area contributed by atoms with Crippen LogP contribution in [0.25, 0.3) is 0 Å². The highest BCUT2D eigenvalue weighted by atomic mass is 35.5. The van der Waals surface area contributed by atoms with E-state index in [0.29, 0.717) is 22.2 Å². The maximum absolute atomic E-state index is 6.08. The summed E-state index contributed by atoms with van der Waals surface area (Å²) in [6.45, 7) is 0.613. The summed E-state index contributed by atoms with van der Waals surface area (Å²) in [6, 6.07) is 15.6. The zero-order valence-corrected chi connectivity index (χ0v) is 13.1. The molecule has 0 saturated heterocycles. The molecule has 0 aliphatic carbocycles. The number of hydrogen-bond acceptors (Lipinski definition) is 3. The first-order chi connectivity index (χ1) is 9.66. The van der Waals surface area contributed by atoms with Crippen LogP contribution in [0, 0.1) is 0 Å². The Labute approximate surface area is 133 Å². The number of thioether (sulfide) groups is 1. The molecule has 20 heavy (non-hydrogen) atoms. The molecule has 2 N–H and O–H groups in total. The third-order valence-corrected chi connectivity index (χ3v) is 4.08. The molecule has 0 amide bonds. The highest BCUT2D eigenvalue weighted by Crippen LogP contribution is 2.23. The van der Waals surface area contributed by atoms with Crippen LogP contribution in [0.5, 0.6) is 5.75 Å². The van der Waals surface area contributed by atoms with E-state index in [1.165, 1.54) is 4.90 Å². The normalized spacial score (nSPS) is 10.2. The maximum Gasteiger partial charge on any atom is 0.120 e. The van der Waals surface area contributed by atoms with Gasteiger partial charge in [-0.2, -0.15) is 0 Å². The Morgan fingerprint density at radius 3 is 2.60 bits per heavy atom. The van der Waals surface area contributed by atoms with Gasteiger partial charge in [-0.3, -0.25) is 0 Å². The molecule has 0 unspecified atom stereocenters. The first kappa shape index (κ1) is 15.2. The molecule has 104 valence electrons. The maximum atomic E-state index is 6.08. The summed E-state index contributed by atoms with van der Waals surface area (Å²) >= 11 is 12.7. The molecule has 0 aromatic heterocycles. The van der Waals surface area contributed by atoms with E-state index >= 15 is 0 Å². The minimum absolute atomic E-state index is 0.293. The molecule has 2 nitrogen and oxygen atoms in total. The summed E-state index contributed by atoms with van der Waals surface area (Å²) in [5, 5.41) is 0.519. The van der Waals surface area contributed by atoms with Crippen LogP contribution in [-0.4, -0.2) is 17.3 Å². The van der Waals surface area contributed by atoms with Gasteiger partial charge in [0.25, 0.3) is 0 Å². The first-order valence-corrected chi connectivity index (χ1v) is 7.84. The van der Waals surface area contributed by atoms with Crippen LogP contribution < -0.4 is 10.5 Å². The molecule has 0 radical (unpaired) electrons. The van der Waals surface area contributed by atoms with Crippen LogP contribution in [-0.2, 0) is 0 Å². The Morgan fingerprint density at radius 1 is 1.20 bits per heavy atom. The monoisotopic (exact) mass is 323 g/mol. The number of ether oxygens (including phenoxy) is 1. The summed E-state index contributed by atoms with van der Waals surface area (Å²) in [4.78, 5) is 1.53. The van der Waals surface area contributed by atoms with Crippen molar-refractivity contribution in [3.63, 3.8) is 0 Å². The standard InChI is InChI=1S/C15H14ClNOS2/c16-14-10-11(6-7-13(14)15(17)19)18-8-9-20-12-4-2-1-3-5-12/h1-7,10H,8-9H2,(H2,17,19). The van der Waals surface area contributed by atoms with Crippen molar-refractivity contribution >= 4 is 40.6 Å². The van der Waals surface area contributed by atoms with Gasteiger partial charge in [-0.25, -0.2) is 0 Å². The number of halogens is 1. The van der Waals surface area contributed by atoms with Crippen molar-refractivity contribution in [1.82, 2.24) is 0 Å². The smallest absolute Gasteiger partial charge is 0.120 e. The Balaban J connectivity index is 1.83. The average Bonchev–Trinajstić information content (AvgIpc) is 2.44. The van der Waals surface area contributed by atoms with Crippen molar-refractivity contribution in [3.05, 3.63) is 59.1 Å². The SMILES string of the molecule is NC(=S)c1ccc(OCCSc2ccccc2)cc1Cl. The van der Waals surface area contributed by atoms with Crippen LogP contribution in [0.2, 0.25) is 5.02 Å². The van der Waals surface area contributed by atoms with Crippen LogP contribution in [0.4, 0.5) is 0 Å². The molecule has 0 bridgehead atoms. The van der Waals surface area contributed by atoms with Crippen molar-refractivity contribution in [2.45, 2.75) is 4.90 Å². The van der Waals surface area contributed by atoms with Gasteiger partial charge in [0.2, 0.25) is 0 Å². The lowest BCUT2D eigenvalue weighted by atomic mass is 10.2. The Hall–Kier alpha value is -1.23. The van der Waals surface area contributed by atoms with E-state index in [1.54, 1.807) is 23.9 Å². The second-order valence-electron chi connectivity index (χ2n) is 4.02. The van der Waals surface area contributed by atoms with Gasteiger partial charge in [-0.05, 0) is 30.3 Å². The molecule has 0 aliphatic rings. The average molecular weight is 324 g/mol. The molecule has 0 saturated carbocycles. The molecular weight excluding hydrogens is 310 g/mol. The molecule has 0 spiro atoms. The van der Waals surface area contributed by atoms with E-state index in [0.717, 1.165) is 11.5 Å². The number of thiocarbonyl (C=S) groups is 1. The van der Waals surface area contributed by atoms with Gasteiger partial charge in [0.1, 0.15) is 10.7 Å². The zero-order chi connectivity index (χ0) is 14.4. The van der Waals surface area contributed by atoms with Gasteiger partial charge in [0.05, 0.1) is 11.6 Å². The van der Waals surface area contributed by atoms with E-state index in [2.05, 4.69) is 12.1 Å². The second kappa shape index (κ2) is 7.53. The highest BCUT2D eigenvalue weighted by molar-refractivity contribution is 7.99. The zero-order valence-electron chi connectivity index (χ0n) is 10.7. The summed E-state index contributed by atoms with van der Waals surface area (Å²) in [5.74, 6) is 1.60. The van der Waals surface area contributed by atoms with Crippen molar-refractivity contribution < 1.29 is 4.74 Å². The number of benzene rings is 2. The van der Waals surface area contributed by atoms with Gasteiger partial charge in [-0.15, -0.1) is 11.8 Å².